The summed E-state index contributed by atoms with van der Waals surface area (Å²) < 4.78 is 5.14. The van der Waals surface area contributed by atoms with Gasteiger partial charge >= 0.3 is 0 Å². The van der Waals surface area contributed by atoms with Crippen LogP contribution >= 0.6 is 0 Å². The lowest BCUT2D eigenvalue weighted by molar-refractivity contribution is -0.123. The Labute approximate surface area is 166 Å². The summed E-state index contributed by atoms with van der Waals surface area (Å²) in [5, 5.41) is 0. The molecule has 28 heavy (non-hydrogen) atoms. The third kappa shape index (κ3) is 4.35. The van der Waals surface area contributed by atoms with E-state index < -0.39 is 0 Å². The minimum atomic E-state index is -0.0413. The van der Waals surface area contributed by atoms with Gasteiger partial charge in [-0.15, -0.1) is 0 Å². The Morgan fingerprint density at radius 2 is 1.79 bits per heavy atom. The van der Waals surface area contributed by atoms with Crippen molar-refractivity contribution in [3.8, 4) is 5.75 Å². The molecular weight excluding hydrogens is 352 g/mol. The molecule has 5 heteroatoms. The van der Waals surface area contributed by atoms with E-state index >= 15 is 0 Å². The van der Waals surface area contributed by atoms with Gasteiger partial charge in [0.1, 0.15) is 5.75 Å². The Hall–Kier alpha value is -2.82. The van der Waals surface area contributed by atoms with Crippen LogP contribution in [0, 0.1) is 12.8 Å². The Balaban J connectivity index is 1.62. The van der Waals surface area contributed by atoms with Crippen molar-refractivity contribution in [1.29, 1.82) is 0 Å². The summed E-state index contributed by atoms with van der Waals surface area (Å²) in [5.74, 6) is 0.862. The molecule has 0 radical (unpaired) electrons. The molecule has 0 spiro atoms. The molecule has 0 aromatic heterocycles. The fourth-order valence-electron chi connectivity index (χ4n) is 3.73. The summed E-state index contributed by atoms with van der Waals surface area (Å²) in [6, 6.07) is 15.2. The molecule has 0 atom stereocenters. The summed E-state index contributed by atoms with van der Waals surface area (Å²) in [6.45, 7) is 5.89. The van der Waals surface area contributed by atoms with E-state index in [9.17, 15) is 9.59 Å². The van der Waals surface area contributed by atoms with Gasteiger partial charge in [-0.2, -0.15) is 0 Å². The van der Waals surface area contributed by atoms with Crippen LogP contribution in [0.5, 0.6) is 5.75 Å². The molecule has 0 unspecified atom stereocenters. The van der Waals surface area contributed by atoms with Crippen molar-refractivity contribution in [3.63, 3.8) is 0 Å². The molecule has 5 nitrogen and oxygen atoms in total. The monoisotopic (exact) mass is 380 g/mol. The standard InChI is InChI=1S/C23H28N2O3/c1-4-25(20-7-5-6-17(2)16-20)23(27)19-12-14-24(15-13-19)22(26)18-8-10-21(28-3)11-9-18/h5-11,16,19H,4,12-15H2,1-3H3. The molecule has 0 bridgehead atoms. The van der Waals surface area contributed by atoms with Crippen molar-refractivity contribution in [2.24, 2.45) is 5.92 Å². The maximum Gasteiger partial charge on any atom is 0.253 e. The van der Waals surface area contributed by atoms with Crippen molar-refractivity contribution in [2.45, 2.75) is 26.7 Å². The van der Waals surface area contributed by atoms with Crippen molar-refractivity contribution in [3.05, 3.63) is 59.7 Å². The summed E-state index contributed by atoms with van der Waals surface area (Å²) >= 11 is 0. The van der Waals surface area contributed by atoms with Crippen LogP contribution in [0.3, 0.4) is 0 Å². The summed E-state index contributed by atoms with van der Waals surface area (Å²) in [7, 11) is 1.61. The van der Waals surface area contributed by atoms with Crippen molar-refractivity contribution in [1.82, 2.24) is 4.90 Å². The van der Waals surface area contributed by atoms with Crippen LogP contribution in [-0.2, 0) is 4.79 Å². The first-order valence-electron chi connectivity index (χ1n) is 9.85. The fraction of sp³-hybridized carbons (Fsp3) is 0.391. The number of amides is 2. The molecule has 2 amide bonds. The minimum Gasteiger partial charge on any atom is -0.497 e. The number of hydrogen-bond acceptors (Lipinski definition) is 3. The largest absolute Gasteiger partial charge is 0.497 e. The van der Waals surface area contributed by atoms with Crippen LogP contribution in [0.4, 0.5) is 5.69 Å². The number of aryl methyl sites for hydroxylation is 1. The number of benzene rings is 2. The van der Waals surface area contributed by atoms with Gasteiger partial charge in [0.05, 0.1) is 7.11 Å². The minimum absolute atomic E-state index is 0.0135. The second-order valence-corrected chi connectivity index (χ2v) is 7.22. The Morgan fingerprint density at radius 1 is 1.11 bits per heavy atom. The number of anilines is 1. The van der Waals surface area contributed by atoms with E-state index in [1.807, 2.05) is 47.9 Å². The van der Waals surface area contributed by atoms with E-state index in [1.165, 1.54) is 0 Å². The van der Waals surface area contributed by atoms with E-state index in [0.717, 1.165) is 17.0 Å². The Morgan fingerprint density at radius 3 is 2.36 bits per heavy atom. The van der Waals surface area contributed by atoms with Crippen LogP contribution in [0.2, 0.25) is 0 Å². The van der Waals surface area contributed by atoms with E-state index in [4.69, 9.17) is 4.74 Å². The van der Waals surface area contributed by atoms with E-state index in [-0.39, 0.29) is 17.7 Å². The van der Waals surface area contributed by atoms with Gasteiger partial charge in [0.15, 0.2) is 0 Å². The van der Waals surface area contributed by atoms with E-state index in [1.54, 1.807) is 31.4 Å². The number of carbonyl (C=O) groups is 2. The number of piperidine rings is 1. The molecule has 3 rings (SSSR count). The van der Waals surface area contributed by atoms with Gasteiger partial charge in [-0.25, -0.2) is 0 Å². The molecule has 1 aliphatic rings. The highest BCUT2D eigenvalue weighted by molar-refractivity contribution is 5.96. The zero-order chi connectivity index (χ0) is 20.1. The highest BCUT2D eigenvalue weighted by atomic mass is 16.5. The molecule has 0 aliphatic carbocycles. The second-order valence-electron chi connectivity index (χ2n) is 7.22. The molecule has 1 fully saturated rings. The summed E-state index contributed by atoms with van der Waals surface area (Å²) in [4.78, 5) is 29.5. The smallest absolute Gasteiger partial charge is 0.253 e. The molecule has 1 saturated heterocycles. The highest BCUT2D eigenvalue weighted by Crippen LogP contribution is 2.25. The van der Waals surface area contributed by atoms with Crippen molar-refractivity contribution in [2.75, 3.05) is 31.6 Å². The number of carbonyl (C=O) groups excluding carboxylic acids is 2. The fourth-order valence-corrected chi connectivity index (χ4v) is 3.73. The maximum absolute atomic E-state index is 13.1. The van der Waals surface area contributed by atoms with Crippen LogP contribution in [-0.4, -0.2) is 43.5 Å². The van der Waals surface area contributed by atoms with Gasteiger partial charge in [-0.05, 0) is 68.7 Å². The molecule has 2 aromatic rings. The first-order valence-corrected chi connectivity index (χ1v) is 9.85. The van der Waals surface area contributed by atoms with Crippen LogP contribution in [0.15, 0.2) is 48.5 Å². The number of rotatable bonds is 5. The van der Waals surface area contributed by atoms with Gasteiger partial charge in [0, 0.05) is 36.8 Å². The SMILES string of the molecule is CCN(C(=O)C1CCN(C(=O)c2ccc(OC)cc2)CC1)c1cccc(C)c1. The van der Waals surface area contributed by atoms with Crippen molar-refractivity contribution < 1.29 is 14.3 Å². The number of hydrogen-bond donors (Lipinski definition) is 0. The quantitative estimate of drug-likeness (QED) is 0.790. The van der Waals surface area contributed by atoms with Gasteiger partial charge in [-0.1, -0.05) is 12.1 Å². The van der Waals surface area contributed by atoms with Gasteiger partial charge in [0.2, 0.25) is 5.91 Å². The number of nitrogens with zero attached hydrogens (tertiary/aromatic N) is 2. The van der Waals surface area contributed by atoms with E-state index in [0.29, 0.717) is 38.0 Å². The lowest BCUT2D eigenvalue weighted by Crippen LogP contribution is -2.44. The third-order valence-corrected chi connectivity index (χ3v) is 5.36. The zero-order valence-corrected chi connectivity index (χ0v) is 16.9. The highest BCUT2D eigenvalue weighted by Gasteiger charge is 2.30. The average Bonchev–Trinajstić information content (AvgIpc) is 2.74. The number of methoxy groups -OCH3 is 1. The molecule has 1 heterocycles. The van der Waals surface area contributed by atoms with Crippen LogP contribution in [0.25, 0.3) is 0 Å². The van der Waals surface area contributed by atoms with Crippen LogP contribution < -0.4 is 9.64 Å². The molecule has 0 saturated carbocycles. The first-order chi connectivity index (χ1) is 13.5. The van der Waals surface area contributed by atoms with Gasteiger partial charge in [0.25, 0.3) is 5.91 Å². The Kier molecular flexibility index (Phi) is 6.34. The molecule has 1 aliphatic heterocycles. The second kappa shape index (κ2) is 8.91. The predicted molar refractivity (Wildman–Crippen MR) is 111 cm³/mol. The molecule has 148 valence electrons. The molecule has 0 N–H and O–H groups in total. The average molecular weight is 380 g/mol. The maximum atomic E-state index is 13.1. The number of ether oxygens (including phenoxy) is 1. The first kappa shape index (κ1) is 19.9. The molecular formula is C23H28N2O3. The van der Waals surface area contributed by atoms with Gasteiger partial charge < -0.3 is 14.5 Å². The van der Waals surface area contributed by atoms with Gasteiger partial charge in [-0.3, -0.25) is 9.59 Å². The normalized spacial score (nSPS) is 14.6. The topological polar surface area (TPSA) is 49.9 Å². The lowest BCUT2D eigenvalue weighted by atomic mass is 9.94. The predicted octanol–water partition coefficient (Wildman–Crippen LogP) is 3.91. The zero-order valence-electron chi connectivity index (χ0n) is 16.9. The van der Waals surface area contributed by atoms with Crippen LogP contribution in [0.1, 0.15) is 35.7 Å². The number of likely N-dealkylation sites (tertiary alicyclic amines) is 1. The summed E-state index contributed by atoms with van der Waals surface area (Å²) in [6.07, 6.45) is 1.39. The third-order valence-electron chi connectivity index (χ3n) is 5.36. The Bertz CT molecular complexity index is 824. The van der Waals surface area contributed by atoms with E-state index in [2.05, 4.69) is 0 Å². The van der Waals surface area contributed by atoms with Crippen molar-refractivity contribution >= 4 is 17.5 Å². The lowest BCUT2D eigenvalue weighted by Gasteiger charge is -2.34. The summed E-state index contributed by atoms with van der Waals surface area (Å²) in [5.41, 5.74) is 2.74. The molecule has 2 aromatic carbocycles.